The van der Waals surface area contributed by atoms with Crippen LogP contribution in [0.5, 0.6) is 0 Å². The molecule has 0 aliphatic carbocycles. The van der Waals surface area contributed by atoms with E-state index in [2.05, 4.69) is 0 Å². The summed E-state index contributed by atoms with van der Waals surface area (Å²) in [4.78, 5) is 0. The normalized spacial score (nSPS) is 16.2. The van der Waals surface area contributed by atoms with E-state index in [1.54, 1.807) is 0 Å². The molecule has 0 aliphatic rings. The van der Waals surface area contributed by atoms with E-state index in [9.17, 15) is 71.0 Å². The third-order valence-corrected chi connectivity index (χ3v) is 3.03. The summed E-state index contributed by atoms with van der Waals surface area (Å²) < 4.78 is 190. The van der Waals surface area contributed by atoms with Crippen LogP contribution in [0.2, 0.25) is 0 Å². The molecule has 0 atom stereocenters. The Labute approximate surface area is 133 Å². The lowest BCUT2D eigenvalue weighted by Gasteiger charge is -2.41. The second-order valence-electron chi connectivity index (χ2n) is 4.88. The minimum Gasteiger partial charge on any atom is -0.237 e. The Bertz CT molecular complexity index is 491. The third kappa shape index (κ3) is 3.28. The second-order valence-corrected chi connectivity index (χ2v) is 4.88. The van der Waals surface area contributed by atoms with Crippen molar-refractivity contribution >= 4 is 0 Å². The van der Waals surface area contributed by atoms with E-state index < -0.39 is 61.2 Å². The van der Waals surface area contributed by atoms with Crippen LogP contribution in [0.15, 0.2) is 0 Å². The molecule has 1 nitrogen and oxygen atoms in total. The maximum Gasteiger partial charge on any atom is 0.460 e. The van der Waals surface area contributed by atoms with Gasteiger partial charge in [-0.15, -0.1) is 0 Å². The zero-order valence-electron chi connectivity index (χ0n) is 11.7. The molecule has 26 heavy (non-hydrogen) atoms. The molecule has 0 heterocycles. The molecule has 0 aromatic rings. The SMILES string of the molecule is [O]CCCC(F)(F)C(F)(F)C(F)(F)C(F)(F)C(F)(F)C(F)(F)C(F)(F)F. The molecule has 0 saturated carbocycles. The first kappa shape index (κ1) is 24.9. The van der Waals surface area contributed by atoms with Crippen LogP contribution in [0, 0.1) is 0 Å². The molecule has 0 N–H and O–H groups in total. The molecule has 0 spiro atoms. The quantitative estimate of drug-likeness (QED) is 0.452. The fraction of sp³-hybridized carbons (Fsp3) is 1.00. The first-order chi connectivity index (χ1) is 11.1. The average Bonchev–Trinajstić information content (AvgIpc) is 2.42. The number of hydrogen-bond acceptors (Lipinski definition) is 0. The zero-order valence-corrected chi connectivity index (χ0v) is 11.7. The van der Waals surface area contributed by atoms with Crippen molar-refractivity contribution in [3.05, 3.63) is 0 Å². The molecule has 0 aromatic carbocycles. The standard InChI is InChI=1S/C10H6F15O/c11-4(12,2-1-3-26)5(13,14)6(15,16)7(17,18)8(19,20)9(21,22)10(23,24)25/h1-3H2. The van der Waals surface area contributed by atoms with Crippen LogP contribution in [0.1, 0.15) is 12.8 Å². The van der Waals surface area contributed by atoms with Gasteiger partial charge >= 0.3 is 41.7 Å². The monoisotopic (exact) mass is 427 g/mol. The number of halogens is 15. The van der Waals surface area contributed by atoms with Crippen molar-refractivity contribution in [2.45, 2.75) is 54.6 Å². The van der Waals surface area contributed by atoms with Crippen molar-refractivity contribution in [3.8, 4) is 0 Å². The van der Waals surface area contributed by atoms with Crippen LogP contribution in [-0.2, 0) is 5.11 Å². The number of alkyl halides is 15. The number of hydrogen-bond donors (Lipinski definition) is 0. The van der Waals surface area contributed by atoms with E-state index in [4.69, 9.17) is 0 Å². The highest BCUT2D eigenvalue weighted by Crippen LogP contribution is 2.62. The van der Waals surface area contributed by atoms with Crippen LogP contribution in [0.3, 0.4) is 0 Å². The van der Waals surface area contributed by atoms with Gasteiger partial charge in [-0.2, -0.15) is 65.9 Å². The van der Waals surface area contributed by atoms with Gasteiger partial charge in [0, 0.05) is 6.42 Å². The van der Waals surface area contributed by atoms with Gasteiger partial charge in [-0.05, 0) is 6.42 Å². The van der Waals surface area contributed by atoms with E-state index in [0.717, 1.165) is 0 Å². The van der Waals surface area contributed by atoms with E-state index in [1.165, 1.54) is 0 Å². The van der Waals surface area contributed by atoms with E-state index in [-0.39, 0.29) is 0 Å². The summed E-state index contributed by atoms with van der Waals surface area (Å²) in [6.45, 7) is -1.63. The van der Waals surface area contributed by atoms with E-state index >= 15 is 0 Å². The average molecular weight is 427 g/mol. The molecule has 0 bridgehead atoms. The topological polar surface area (TPSA) is 19.9 Å². The van der Waals surface area contributed by atoms with Crippen molar-refractivity contribution < 1.29 is 71.0 Å². The highest BCUT2D eigenvalue weighted by atomic mass is 19.4. The Morgan fingerprint density at radius 2 is 0.769 bits per heavy atom. The predicted octanol–water partition coefficient (Wildman–Crippen LogP) is 5.57. The summed E-state index contributed by atoms with van der Waals surface area (Å²) in [5, 5.41) is 9.89. The largest absolute Gasteiger partial charge is 0.460 e. The molecule has 0 rings (SSSR count). The molecule has 1 radical (unpaired) electrons. The lowest BCUT2D eigenvalue weighted by Crippen LogP contribution is -2.72. The Morgan fingerprint density at radius 3 is 1.08 bits per heavy atom. The fourth-order valence-corrected chi connectivity index (χ4v) is 1.45. The van der Waals surface area contributed by atoms with Crippen molar-refractivity contribution in [1.29, 1.82) is 0 Å². The summed E-state index contributed by atoms with van der Waals surface area (Å²) in [5.41, 5.74) is 0. The number of rotatable bonds is 8. The van der Waals surface area contributed by atoms with Gasteiger partial charge in [0.1, 0.15) is 0 Å². The minimum atomic E-state index is -8.27. The van der Waals surface area contributed by atoms with Gasteiger partial charge in [-0.3, -0.25) is 0 Å². The molecule has 0 amide bonds. The maximum atomic E-state index is 13.1. The molecule has 16 heteroatoms. The lowest BCUT2D eigenvalue weighted by molar-refractivity contribution is -0.452. The van der Waals surface area contributed by atoms with Crippen molar-refractivity contribution in [2.24, 2.45) is 0 Å². The molecule has 0 aromatic heterocycles. The van der Waals surface area contributed by atoms with Crippen molar-refractivity contribution in [2.75, 3.05) is 6.61 Å². The lowest BCUT2D eigenvalue weighted by atomic mass is 9.90. The highest BCUT2D eigenvalue weighted by molar-refractivity contribution is 5.12. The molecule has 0 saturated heterocycles. The fourth-order valence-electron chi connectivity index (χ4n) is 1.45. The highest BCUT2D eigenvalue weighted by Gasteiger charge is 2.93. The van der Waals surface area contributed by atoms with Gasteiger partial charge in [-0.25, -0.2) is 5.11 Å². The summed E-state index contributed by atoms with van der Waals surface area (Å²) in [7, 11) is 0. The van der Waals surface area contributed by atoms with Crippen LogP contribution in [0.25, 0.3) is 0 Å². The smallest absolute Gasteiger partial charge is 0.237 e. The molecule has 0 fully saturated rings. The van der Waals surface area contributed by atoms with Gasteiger partial charge in [0.25, 0.3) is 0 Å². The van der Waals surface area contributed by atoms with Gasteiger partial charge in [0.05, 0.1) is 6.61 Å². The van der Waals surface area contributed by atoms with Gasteiger partial charge in [0.2, 0.25) is 0 Å². The van der Waals surface area contributed by atoms with Crippen molar-refractivity contribution in [3.63, 3.8) is 0 Å². The predicted molar refractivity (Wildman–Crippen MR) is 50.5 cm³/mol. The molecule has 157 valence electrons. The summed E-state index contributed by atoms with van der Waals surface area (Å²) in [5.74, 6) is -46.4. The Hall–Kier alpha value is -1.09. The van der Waals surface area contributed by atoms with E-state index in [0.29, 0.717) is 0 Å². The van der Waals surface area contributed by atoms with Crippen LogP contribution in [0.4, 0.5) is 65.9 Å². The molecule has 0 unspecified atom stereocenters. The van der Waals surface area contributed by atoms with Crippen molar-refractivity contribution in [1.82, 2.24) is 0 Å². The summed E-state index contributed by atoms with van der Waals surface area (Å²) in [6.07, 6.45) is -11.7. The maximum absolute atomic E-state index is 13.1. The zero-order chi connectivity index (χ0) is 21.6. The first-order valence-corrected chi connectivity index (χ1v) is 5.98. The molecular weight excluding hydrogens is 421 g/mol. The van der Waals surface area contributed by atoms with Gasteiger partial charge < -0.3 is 0 Å². The summed E-state index contributed by atoms with van der Waals surface area (Å²) >= 11 is 0. The molecular formula is C10H6F15O. The minimum absolute atomic E-state index is 1.56. The second kappa shape index (κ2) is 6.51. The van der Waals surface area contributed by atoms with Gasteiger partial charge in [0.15, 0.2) is 0 Å². The first-order valence-electron chi connectivity index (χ1n) is 5.98. The van der Waals surface area contributed by atoms with Crippen LogP contribution in [-0.4, -0.2) is 48.3 Å². The molecule has 0 aliphatic heterocycles. The third-order valence-electron chi connectivity index (χ3n) is 3.03. The van der Waals surface area contributed by atoms with Gasteiger partial charge in [-0.1, -0.05) is 0 Å². The van der Waals surface area contributed by atoms with Crippen LogP contribution < -0.4 is 0 Å². The van der Waals surface area contributed by atoms with E-state index in [1.807, 2.05) is 0 Å². The van der Waals surface area contributed by atoms with Crippen LogP contribution >= 0.6 is 0 Å². The Morgan fingerprint density at radius 1 is 0.462 bits per heavy atom. The summed E-state index contributed by atoms with van der Waals surface area (Å²) in [6, 6.07) is 0. The Balaban J connectivity index is 6.33. The Kier molecular flexibility index (Phi) is 6.24.